The van der Waals surface area contributed by atoms with Gasteiger partial charge in [-0.1, -0.05) is 96.5 Å². The average molecular weight is 644 g/mol. The van der Waals surface area contributed by atoms with Crippen LogP contribution in [0.4, 0.5) is 0 Å². The van der Waals surface area contributed by atoms with Crippen molar-refractivity contribution < 1.29 is 18.0 Å². The van der Waals surface area contributed by atoms with E-state index >= 15 is 0 Å². The Balaban J connectivity index is 1.35. The molecule has 0 unspecified atom stereocenters. The van der Waals surface area contributed by atoms with Crippen LogP contribution in [0.1, 0.15) is 41.5 Å². The predicted octanol–water partition coefficient (Wildman–Crippen LogP) is 6.01. The van der Waals surface area contributed by atoms with E-state index in [-0.39, 0.29) is 29.7 Å². The molecule has 0 saturated carbocycles. The average Bonchev–Trinajstić information content (AvgIpc) is 3.62. The summed E-state index contributed by atoms with van der Waals surface area (Å²) in [6.45, 7) is 1.68. The zero-order valence-corrected chi connectivity index (χ0v) is 26.7. The summed E-state index contributed by atoms with van der Waals surface area (Å²) in [4.78, 5) is 29.8. The molecule has 1 fully saturated rings. The fraction of sp³-hybridized carbons (Fsp3) is 0.278. The van der Waals surface area contributed by atoms with E-state index in [4.69, 9.17) is 11.6 Å². The van der Waals surface area contributed by atoms with Crippen LogP contribution < -0.4 is 5.32 Å². The predicted molar refractivity (Wildman–Crippen MR) is 177 cm³/mol. The molecule has 0 aromatic heterocycles. The molecule has 5 rings (SSSR count). The first-order valence-electron chi connectivity index (χ1n) is 15.3. The summed E-state index contributed by atoms with van der Waals surface area (Å²) in [5, 5.41) is 3.66. The second kappa shape index (κ2) is 15.3. The monoisotopic (exact) mass is 643 g/mol. The van der Waals surface area contributed by atoms with Gasteiger partial charge in [0.25, 0.3) is 0 Å². The second-order valence-corrected chi connectivity index (χ2v) is 13.7. The molecular formula is C36H38ClN3O4S. The van der Waals surface area contributed by atoms with E-state index < -0.39 is 16.1 Å². The number of nitrogens with one attached hydrogen (secondary N) is 1. The highest BCUT2D eigenvalue weighted by atomic mass is 35.5. The van der Waals surface area contributed by atoms with Crippen molar-refractivity contribution in [1.82, 2.24) is 14.5 Å². The Labute approximate surface area is 270 Å². The molecule has 2 amide bonds. The van der Waals surface area contributed by atoms with Gasteiger partial charge in [0.15, 0.2) is 0 Å². The minimum Gasteiger partial charge on any atom is -0.350 e. The largest absolute Gasteiger partial charge is 0.350 e. The number of sulfonamides is 1. The maximum atomic E-state index is 14.0. The third-order valence-corrected chi connectivity index (χ3v) is 10.3. The summed E-state index contributed by atoms with van der Waals surface area (Å²) in [6, 6.07) is 32.7. The van der Waals surface area contributed by atoms with Gasteiger partial charge in [0, 0.05) is 44.0 Å². The van der Waals surface area contributed by atoms with Crippen LogP contribution in [0.3, 0.4) is 0 Å². The number of hydrogen-bond acceptors (Lipinski definition) is 4. The van der Waals surface area contributed by atoms with Crippen molar-refractivity contribution in [3.05, 3.63) is 136 Å². The van der Waals surface area contributed by atoms with Gasteiger partial charge in [0.05, 0.1) is 4.90 Å². The molecule has 1 aliphatic rings. The van der Waals surface area contributed by atoms with Crippen LogP contribution in [0.15, 0.2) is 114 Å². The minimum absolute atomic E-state index is 0.157. The van der Waals surface area contributed by atoms with Gasteiger partial charge in [-0.2, -0.15) is 4.31 Å². The summed E-state index contributed by atoms with van der Waals surface area (Å²) in [7, 11) is -3.51. The van der Waals surface area contributed by atoms with Gasteiger partial charge in [0.2, 0.25) is 21.8 Å². The number of benzene rings is 4. The van der Waals surface area contributed by atoms with E-state index in [9.17, 15) is 18.0 Å². The van der Waals surface area contributed by atoms with Crippen LogP contribution in [-0.4, -0.2) is 48.6 Å². The molecule has 1 aliphatic heterocycles. The number of nitrogens with zero attached hydrogens (tertiary/aromatic N) is 2. The lowest BCUT2D eigenvalue weighted by Crippen LogP contribution is -2.50. The highest BCUT2D eigenvalue weighted by Gasteiger charge is 2.30. The SMILES string of the molecule is O=C(NCc1ccc(Cl)cc1)[C@H](Cc1ccccc1)N(Cc1ccccc1)C(=O)CCc1ccc(S(=O)(=O)N2CCCC2)cc1. The quantitative estimate of drug-likeness (QED) is 0.193. The fourth-order valence-corrected chi connectivity index (χ4v) is 7.19. The summed E-state index contributed by atoms with van der Waals surface area (Å²) in [6.07, 6.45) is 2.70. The summed E-state index contributed by atoms with van der Waals surface area (Å²) in [5.41, 5.74) is 3.63. The number of carbonyl (C=O) groups excluding carboxylic acids is 2. The van der Waals surface area contributed by atoms with E-state index in [0.29, 0.717) is 37.5 Å². The zero-order valence-electron chi connectivity index (χ0n) is 25.1. The van der Waals surface area contributed by atoms with E-state index in [1.165, 1.54) is 4.31 Å². The highest BCUT2D eigenvalue weighted by Crippen LogP contribution is 2.22. The Morgan fingerprint density at radius 2 is 1.33 bits per heavy atom. The number of amides is 2. The van der Waals surface area contributed by atoms with Gasteiger partial charge < -0.3 is 10.2 Å². The van der Waals surface area contributed by atoms with E-state index in [2.05, 4.69) is 5.32 Å². The second-order valence-electron chi connectivity index (χ2n) is 11.3. The molecule has 45 heavy (non-hydrogen) atoms. The number of carbonyl (C=O) groups is 2. The summed E-state index contributed by atoms with van der Waals surface area (Å²) >= 11 is 6.04. The first-order chi connectivity index (χ1) is 21.8. The van der Waals surface area contributed by atoms with Crippen LogP contribution in [0.2, 0.25) is 5.02 Å². The maximum Gasteiger partial charge on any atom is 0.243 e. The summed E-state index contributed by atoms with van der Waals surface area (Å²) in [5.74, 6) is -0.398. The third kappa shape index (κ3) is 8.81. The molecular weight excluding hydrogens is 606 g/mol. The Morgan fingerprint density at radius 3 is 1.96 bits per heavy atom. The van der Waals surface area contributed by atoms with Crippen molar-refractivity contribution in [1.29, 1.82) is 0 Å². The summed E-state index contributed by atoms with van der Waals surface area (Å²) < 4.78 is 27.4. The molecule has 7 nitrogen and oxygen atoms in total. The van der Waals surface area contributed by atoms with Crippen molar-refractivity contribution in [3.8, 4) is 0 Å². The smallest absolute Gasteiger partial charge is 0.243 e. The standard InChI is InChI=1S/C36H38ClN3O4S/c37-32-18-13-30(14-19-32)26-38-36(42)34(25-29-9-3-1-4-10-29)40(27-31-11-5-2-6-12-31)35(41)22-17-28-15-20-33(21-16-28)45(43,44)39-23-7-8-24-39/h1-6,9-16,18-21,34H,7-8,17,22-27H2,(H,38,42)/t34-/m0/s1. The van der Waals surface area contributed by atoms with Gasteiger partial charge in [-0.15, -0.1) is 0 Å². The van der Waals surface area contributed by atoms with Gasteiger partial charge >= 0.3 is 0 Å². The Hall–Kier alpha value is -3.98. The van der Waals surface area contributed by atoms with Gasteiger partial charge in [-0.05, 0) is 65.8 Å². The lowest BCUT2D eigenvalue weighted by atomic mass is 10.0. The van der Waals surface area contributed by atoms with E-state index in [1.54, 1.807) is 41.3 Å². The van der Waals surface area contributed by atoms with E-state index in [0.717, 1.165) is 35.1 Å². The molecule has 1 atom stereocenters. The van der Waals surface area contributed by atoms with E-state index in [1.807, 2.05) is 72.8 Å². The third-order valence-electron chi connectivity index (χ3n) is 8.10. The Bertz CT molecular complexity index is 1660. The zero-order chi connectivity index (χ0) is 31.6. The first kappa shape index (κ1) is 32.4. The maximum absolute atomic E-state index is 14.0. The molecule has 0 spiro atoms. The van der Waals surface area contributed by atoms with Crippen LogP contribution in [0, 0.1) is 0 Å². The van der Waals surface area contributed by atoms with Gasteiger partial charge in [0.1, 0.15) is 6.04 Å². The van der Waals surface area contributed by atoms with Crippen molar-refractivity contribution >= 4 is 33.4 Å². The Kier molecular flexibility index (Phi) is 11.1. The highest BCUT2D eigenvalue weighted by molar-refractivity contribution is 7.89. The van der Waals surface area contributed by atoms with Crippen molar-refractivity contribution in [2.24, 2.45) is 0 Å². The fourth-order valence-electron chi connectivity index (χ4n) is 5.54. The molecule has 234 valence electrons. The van der Waals surface area contributed by atoms with Crippen molar-refractivity contribution in [3.63, 3.8) is 0 Å². The molecule has 4 aromatic carbocycles. The topological polar surface area (TPSA) is 86.8 Å². The molecule has 1 heterocycles. The molecule has 0 radical (unpaired) electrons. The van der Waals surface area contributed by atoms with Crippen LogP contribution >= 0.6 is 11.6 Å². The Morgan fingerprint density at radius 1 is 0.756 bits per heavy atom. The number of rotatable bonds is 13. The molecule has 9 heteroatoms. The van der Waals surface area contributed by atoms with Crippen molar-refractivity contribution in [2.75, 3.05) is 13.1 Å². The van der Waals surface area contributed by atoms with Crippen molar-refractivity contribution in [2.45, 2.75) is 56.1 Å². The molecule has 1 N–H and O–H groups in total. The lowest BCUT2D eigenvalue weighted by molar-refractivity contribution is -0.141. The number of hydrogen-bond donors (Lipinski definition) is 1. The minimum atomic E-state index is -3.51. The first-order valence-corrected chi connectivity index (χ1v) is 17.1. The number of halogens is 1. The van der Waals surface area contributed by atoms with Gasteiger partial charge in [-0.3, -0.25) is 9.59 Å². The molecule has 1 saturated heterocycles. The van der Waals surface area contributed by atoms with Crippen LogP contribution in [0.25, 0.3) is 0 Å². The van der Waals surface area contributed by atoms with Gasteiger partial charge in [-0.25, -0.2) is 8.42 Å². The number of aryl methyl sites for hydroxylation is 1. The normalized spacial score (nSPS) is 14.2. The van der Waals surface area contributed by atoms with Crippen LogP contribution in [0.5, 0.6) is 0 Å². The molecule has 4 aromatic rings. The van der Waals surface area contributed by atoms with Crippen LogP contribution in [-0.2, 0) is 45.5 Å². The lowest BCUT2D eigenvalue weighted by Gasteiger charge is -2.31. The molecule has 0 bridgehead atoms. The molecule has 0 aliphatic carbocycles.